The van der Waals surface area contributed by atoms with Crippen LogP contribution in [0.25, 0.3) is 0 Å². The molecule has 1 rings (SSSR count). The Hall–Kier alpha value is 0.130. The van der Waals surface area contributed by atoms with Gasteiger partial charge in [0, 0.05) is 17.9 Å². The Balaban J connectivity index is 2.21. The lowest BCUT2D eigenvalue weighted by molar-refractivity contribution is -0.144. The second-order valence-electron chi connectivity index (χ2n) is 2.39. The van der Waals surface area contributed by atoms with E-state index >= 15 is 0 Å². The topological polar surface area (TPSA) is 46.5 Å². The van der Waals surface area contributed by atoms with Gasteiger partial charge in [-0.15, -0.1) is 23.5 Å². The Kier molecular flexibility index (Phi) is 4.25. The van der Waals surface area contributed by atoms with Gasteiger partial charge in [-0.2, -0.15) is 0 Å². The van der Waals surface area contributed by atoms with E-state index in [4.69, 9.17) is 9.84 Å². The minimum atomic E-state index is -0.299. The fourth-order valence-corrected chi connectivity index (χ4v) is 3.02. The fraction of sp³-hybridized carbons (Fsp3) is 0.857. The van der Waals surface area contributed by atoms with Gasteiger partial charge in [0.25, 0.3) is 0 Å². The quantitative estimate of drug-likeness (QED) is 0.688. The molecule has 0 bridgehead atoms. The third-order valence-corrected chi connectivity index (χ3v) is 4.01. The van der Waals surface area contributed by atoms with Gasteiger partial charge < -0.3 is 9.84 Å². The summed E-state index contributed by atoms with van der Waals surface area (Å²) in [6.07, 6.45) is 0.421. The number of aliphatic hydroxyl groups is 1. The van der Waals surface area contributed by atoms with E-state index in [9.17, 15) is 4.79 Å². The van der Waals surface area contributed by atoms with Crippen LogP contribution in [0.1, 0.15) is 13.3 Å². The van der Waals surface area contributed by atoms with Crippen molar-refractivity contribution in [1.82, 2.24) is 0 Å². The summed E-state index contributed by atoms with van der Waals surface area (Å²) < 4.78 is 5.08. The lowest BCUT2D eigenvalue weighted by atomic mass is 10.5. The zero-order chi connectivity index (χ0) is 8.97. The summed E-state index contributed by atoms with van der Waals surface area (Å²) in [5, 5.41) is 9.12. The molecule has 0 amide bonds. The number of esters is 1. The molecular weight excluding hydrogens is 196 g/mol. The molecule has 70 valence electrons. The van der Waals surface area contributed by atoms with Crippen LogP contribution in [-0.2, 0) is 9.53 Å². The van der Waals surface area contributed by atoms with Crippen LogP contribution in [0.4, 0.5) is 0 Å². The average molecular weight is 208 g/mol. The van der Waals surface area contributed by atoms with Crippen molar-refractivity contribution in [2.45, 2.75) is 24.2 Å². The van der Waals surface area contributed by atoms with E-state index < -0.39 is 0 Å². The van der Waals surface area contributed by atoms with Crippen molar-refractivity contribution >= 4 is 29.5 Å². The third-order valence-electron chi connectivity index (χ3n) is 1.40. The molecule has 0 saturated carbocycles. The number of hydrogen-bond acceptors (Lipinski definition) is 5. The zero-order valence-electron chi connectivity index (χ0n) is 6.86. The van der Waals surface area contributed by atoms with Gasteiger partial charge in [0.1, 0.15) is 5.44 Å². The molecule has 0 aromatic carbocycles. The van der Waals surface area contributed by atoms with E-state index in [0.29, 0.717) is 17.9 Å². The molecule has 0 spiro atoms. The van der Waals surface area contributed by atoms with Gasteiger partial charge in [0.05, 0.1) is 0 Å². The molecule has 1 saturated heterocycles. The maximum Gasteiger partial charge on any atom is 0.306 e. The Morgan fingerprint density at radius 3 is 2.83 bits per heavy atom. The number of rotatable bonds is 2. The highest BCUT2D eigenvalue weighted by Crippen LogP contribution is 2.29. The predicted octanol–water partition coefficient (Wildman–Crippen LogP) is 1.06. The van der Waals surface area contributed by atoms with Crippen LogP contribution in [0.3, 0.4) is 0 Å². The first-order chi connectivity index (χ1) is 5.72. The second kappa shape index (κ2) is 4.99. The second-order valence-corrected chi connectivity index (χ2v) is 4.80. The first-order valence-corrected chi connectivity index (χ1v) is 5.93. The highest BCUT2D eigenvalue weighted by Gasteiger charge is 2.22. The van der Waals surface area contributed by atoms with Crippen LogP contribution in [0, 0.1) is 0 Å². The summed E-state index contributed by atoms with van der Waals surface area (Å²) in [5.74, 6) is 1.17. The molecule has 1 N–H and O–H groups in total. The van der Waals surface area contributed by atoms with Crippen molar-refractivity contribution < 1.29 is 14.6 Å². The van der Waals surface area contributed by atoms with E-state index in [0.717, 1.165) is 0 Å². The molecule has 2 atom stereocenters. The summed E-state index contributed by atoms with van der Waals surface area (Å²) in [5.41, 5.74) is -0.363. The van der Waals surface area contributed by atoms with Crippen molar-refractivity contribution in [2.24, 2.45) is 0 Å². The average Bonchev–Trinajstić information content (AvgIpc) is 2.09. The van der Waals surface area contributed by atoms with E-state index in [1.165, 1.54) is 23.5 Å². The molecular formula is C7H12O3S2. The predicted molar refractivity (Wildman–Crippen MR) is 51.1 cm³/mol. The van der Waals surface area contributed by atoms with Crippen molar-refractivity contribution in [3.8, 4) is 0 Å². The van der Waals surface area contributed by atoms with Crippen LogP contribution in [0.15, 0.2) is 0 Å². The van der Waals surface area contributed by atoms with Gasteiger partial charge in [-0.05, 0) is 0 Å². The van der Waals surface area contributed by atoms with E-state index in [1.807, 2.05) is 0 Å². The monoisotopic (exact) mass is 208 g/mol. The van der Waals surface area contributed by atoms with Gasteiger partial charge in [-0.25, -0.2) is 0 Å². The van der Waals surface area contributed by atoms with Crippen molar-refractivity contribution in [3.05, 3.63) is 0 Å². The van der Waals surface area contributed by atoms with Crippen LogP contribution < -0.4 is 0 Å². The smallest absolute Gasteiger partial charge is 0.306 e. The maximum atomic E-state index is 10.9. The van der Waals surface area contributed by atoms with Crippen molar-refractivity contribution in [3.63, 3.8) is 0 Å². The van der Waals surface area contributed by atoms with Gasteiger partial charge in [0.15, 0.2) is 5.44 Å². The number of carbonyl (C=O) groups excluding carboxylic acids is 1. The molecule has 0 aromatic rings. The zero-order valence-corrected chi connectivity index (χ0v) is 8.49. The highest BCUT2D eigenvalue weighted by molar-refractivity contribution is 8.06. The van der Waals surface area contributed by atoms with Gasteiger partial charge in [-0.1, -0.05) is 6.92 Å². The lowest BCUT2D eigenvalue weighted by Crippen LogP contribution is -2.25. The largest absolute Gasteiger partial charge is 0.450 e. The van der Waals surface area contributed by atoms with E-state index in [-0.39, 0.29) is 16.8 Å². The molecule has 0 aliphatic carbocycles. The summed E-state index contributed by atoms with van der Waals surface area (Å²) >= 11 is 2.94. The van der Waals surface area contributed by atoms with Crippen molar-refractivity contribution in [2.75, 3.05) is 11.5 Å². The Bertz CT molecular complexity index is 155. The first-order valence-electron chi connectivity index (χ1n) is 3.83. The SMILES string of the molecule is CCC(=O)OC1CSC(O)CS1. The summed E-state index contributed by atoms with van der Waals surface area (Å²) in [7, 11) is 0. The number of hydrogen-bond donors (Lipinski definition) is 1. The minimum Gasteiger partial charge on any atom is -0.450 e. The molecule has 1 heterocycles. The Labute approximate surface area is 80.2 Å². The number of carbonyl (C=O) groups is 1. The lowest BCUT2D eigenvalue weighted by Gasteiger charge is -2.24. The highest BCUT2D eigenvalue weighted by atomic mass is 32.2. The van der Waals surface area contributed by atoms with Gasteiger partial charge in [0.2, 0.25) is 0 Å². The minimum absolute atomic E-state index is 0.0640. The number of aliphatic hydroxyl groups excluding tert-OH is 1. The molecule has 12 heavy (non-hydrogen) atoms. The fourth-order valence-electron chi connectivity index (χ4n) is 0.773. The summed E-state index contributed by atoms with van der Waals surface area (Å²) in [6, 6.07) is 0. The third kappa shape index (κ3) is 3.25. The molecule has 1 aliphatic rings. The van der Waals surface area contributed by atoms with Gasteiger partial charge in [-0.3, -0.25) is 4.79 Å². The standard InChI is InChI=1S/C7H12O3S2/c1-2-5(8)10-7-4-11-6(9)3-12-7/h6-7,9H,2-4H2,1H3. The van der Waals surface area contributed by atoms with Crippen molar-refractivity contribution in [1.29, 1.82) is 0 Å². The Morgan fingerprint density at radius 2 is 2.33 bits per heavy atom. The van der Waals surface area contributed by atoms with Crippen LogP contribution in [0.2, 0.25) is 0 Å². The molecule has 0 aromatic heterocycles. The number of ether oxygens (including phenoxy) is 1. The van der Waals surface area contributed by atoms with Crippen LogP contribution >= 0.6 is 23.5 Å². The molecule has 0 radical (unpaired) electrons. The molecule has 1 aliphatic heterocycles. The van der Waals surface area contributed by atoms with E-state index in [2.05, 4.69) is 0 Å². The van der Waals surface area contributed by atoms with Gasteiger partial charge >= 0.3 is 5.97 Å². The number of thioether (sulfide) groups is 2. The normalized spacial score (nSPS) is 29.8. The first kappa shape index (κ1) is 10.2. The van der Waals surface area contributed by atoms with E-state index in [1.54, 1.807) is 6.92 Å². The molecule has 1 fully saturated rings. The van der Waals surface area contributed by atoms with Crippen LogP contribution in [0.5, 0.6) is 0 Å². The van der Waals surface area contributed by atoms with Crippen LogP contribution in [-0.4, -0.2) is 33.5 Å². The Morgan fingerprint density at radius 1 is 1.58 bits per heavy atom. The summed E-state index contributed by atoms with van der Waals surface area (Å²) in [6.45, 7) is 1.78. The maximum absolute atomic E-state index is 10.9. The molecule has 2 unspecified atom stereocenters. The molecule has 3 nitrogen and oxygen atoms in total. The molecule has 5 heteroatoms. The summed E-state index contributed by atoms with van der Waals surface area (Å²) in [4.78, 5) is 10.9.